The Balaban J connectivity index is 2.27. The smallest absolute Gasteiger partial charge is 0.341 e. The lowest BCUT2D eigenvalue weighted by Crippen LogP contribution is -2.09. The molecule has 1 N–H and O–H groups in total. The van der Waals surface area contributed by atoms with Crippen LogP contribution in [0.5, 0.6) is 17.4 Å². The molecule has 0 amide bonds. The van der Waals surface area contributed by atoms with E-state index in [-0.39, 0.29) is 33.3 Å². The molecule has 0 saturated carbocycles. The van der Waals surface area contributed by atoms with Gasteiger partial charge in [0, 0.05) is 18.2 Å². The molecule has 0 spiro atoms. The third kappa shape index (κ3) is 4.49. The molecule has 0 unspecified atom stereocenters. The van der Waals surface area contributed by atoms with Gasteiger partial charge in [-0.25, -0.2) is 4.79 Å². The van der Waals surface area contributed by atoms with E-state index in [2.05, 4.69) is 10.2 Å². The van der Waals surface area contributed by atoms with Gasteiger partial charge in [-0.15, -0.1) is 5.10 Å². The summed E-state index contributed by atoms with van der Waals surface area (Å²) in [6.07, 6.45) is 0. The standard InChI is InChI=1S/C16H16Cl2N2O4/c1-8(2)11-6-14(20-19-9(11)3)24-16-12(17)4-10(5-13(16)18)23-7-15(21)22/h4-6,8H,7H2,1-3H3,(H,21,22). The molecule has 1 aromatic carbocycles. The molecule has 0 aliphatic carbocycles. The number of halogens is 2. The molecule has 0 radical (unpaired) electrons. The van der Waals surface area contributed by atoms with Crippen molar-refractivity contribution in [3.8, 4) is 17.4 Å². The number of aryl methyl sites for hydroxylation is 1. The summed E-state index contributed by atoms with van der Waals surface area (Å²) >= 11 is 12.3. The van der Waals surface area contributed by atoms with Gasteiger partial charge in [0.1, 0.15) is 5.75 Å². The first-order valence-corrected chi connectivity index (χ1v) is 7.89. The molecule has 8 heteroatoms. The van der Waals surface area contributed by atoms with E-state index in [1.165, 1.54) is 12.1 Å². The van der Waals surface area contributed by atoms with Crippen LogP contribution in [0.25, 0.3) is 0 Å². The number of aromatic nitrogens is 2. The van der Waals surface area contributed by atoms with E-state index < -0.39 is 12.6 Å². The molecule has 1 heterocycles. The van der Waals surface area contributed by atoms with Gasteiger partial charge < -0.3 is 14.6 Å². The number of rotatable bonds is 6. The number of benzene rings is 1. The summed E-state index contributed by atoms with van der Waals surface area (Å²) in [6.45, 7) is 5.47. The van der Waals surface area contributed by atoms with Gasteiger partial charge in [0.15, 0.2) is 12.4 Å². The van der Waals surface area contributed by atoms with Crippen LogP contribution in [0.3, 0.4) is 0 Å². The van der Waals surface area contributed by atoms with E-state index in [9.17, 15) is 4.79 Å². The molecule has 1 aromatic heterocycles. The van der Waals surface area contributed by atoms with Gasteiger partial charge >= 0.3 is 5.97 Å². The summed E-state index contributed by atoms with van der Waals surface area (Å²) in [5.41, 5.74) is 1.83. The van der Waals surface area contributed by atoms with E-state index in [0.29, 0.717) is 0 Å². The number of carboxylic acid groups (broad SMARTS) is 1. The Kier molecular flexibility index (Phi) is 5.85. The number of nitrogens with zero attached hydrogens (tertiary/aromatic N) is 2. The fourth-order valence-corrected chi connectivity index (χ4v) is 2.59. The molecule has 0 fully saturated rings. The van der Waals surface area contributed by atoms with Gasteiger partial charge in [-0.05, 0) is 18.4 Å². The summed E-state index contributed by atoms with van der Waals surface area (Å²) in [7, 11) is 0. The van der Waals surface area contributed by atoms with Gasteiger partial charge in [0.25, 0.3) is 0 Å². The van der Waals surface area contributed by atoms with Gasteiger partial charge in [-0.3, -0.25) is 0 Å². The van der Waals surface area contributed by atoms with Gasteiger partial charge in [-0.1, -0.05) is 37.0 Å². The highest BCUT2D eigenvalue weighted by Gasteiger charge is 2.15. The predicted molar refractivity (Wildman–Crippen MR) is 90.5 cm³/mol. The molecule has 0 atom stereocenters. The second kappa shape index (κ2) is 7.68. The van der Waals surface area contributed by atoms with Crippen LogP contribution in [0.1, 0.15) is 31.0 Å². The second-order valence-corrected chi connectivity index (χ2v) is 6.19. The lowest BCUT2D eigenvalue weighted by molar-refractivity contribution is -0.139. The normalized spacial score (nSPS) is 10.8. The van der Waals surface area contributed by atoms with Crippen molar-refractivity contribution >= 4 is 29.2 Å². The number of hydrogen-bond donors (Lipinski definition) is 1. The van der Waals surface area contributed by atoms with E-state index in [0.717, 1.165) is 11.3 Å². The van der Waals surface area contributed by atoms with Crippen LogP contribution in [0.4, 0.5) is 0 Å². The Morgan fingerprint density at radius 3 is 2.38 bits per heavy atom. The number of ether oxygens (including phenoxy) is 2. The van der Waals surface area contributed by atoms with Crippen LogP contribution in [0, 0.1) is 6.92 Å². The molecule has 0 bridgehead atoms. The first kappa shape index (κ1) is 18.3. The van der Waals surface area contributed by atoms with Crippen LogP contribution in [-0.2, 0) is 4.79 Å². The summed E-state index contributed by atoms with van der Waals surface area (Å²) in [4.78, 5) is 10.5. The van der Waals surface area contributed by atoms with Crippen molar-refractivity contribution in [3.63, 3.8) is 0 Å². The minimum absolute atomic E-state index is 0.177. The Bertz CT molecular complexity index is 743. The molecule has 2 aromatic rings. The average molecular weight is 371 g/mol. The van der Waals surface area contributed by atoms with E-state index in [4.69, 9.17) is 37.8 Å². The number of aliphatic carboxylic acids is 1. The van der Waals surface area contributed by atoms with Crippen LogP contribution in [0.2, 0.25) is 10.0 Å². The predicted octanol–water partition coefficient (Wildman–Crippen LogP) is 4.47. The highest BCUT2D eigenvalue weighted by Crippen LogP contribution is 2.39. The van der Waals surface area contributed by atoms with Crippen molar-refractivity contribution in [2.45, 2.75) is 26.7 Å². The van der Waals surface area contributed by atoms with Crippen molar-refractivity contribution in [1.29, 1.82) is 0 Å². The van der Waals surface area contributed by atoms with Gasteiger partial charge in [-0.2, -0.15) is 5.10 Å². The monoisotopic (exact) mass is 370 g/mol. The average Bonchev–Trinajstić information content (AvgIpc) is 2.50. The number of hydrogen-bond acceptors (Lipinski definition) is 5. The molecule has 0 aliphatic rings. The minimum atomic E-state index is -1.10. The van der Waals surface area contributed by atoms with Crippen molar-refractivity contribution < 1.29 is 19.4 Å². The highest BCUT2D eigenvalue weighted by molar-refractivity contribution is 6.37. The largest absolute Gasteiger partial charge is 0.482 e. The first-order chi connectivity index (χ1) is 11.3. The quantitative estimate of drug-likeness (QED) is 0.807. The topological polar surface area (TPSA) is 81.5 Å². The third-order valence-electron chi connectivity index (χ3n) is 3.16. The molecule has 128 valence electrons. The molecule has 0 saturated heterocycles. The molecular weight excluding hydrogens is 355 g/mol. The Morgan fingerprint density at radius 2 is 1.83 bits per heavy atom. The zero-order valence-corrected chi connectivity index (χ0v) is 14.9. The molecule has 2 rings (SSSR count). The highest BCUT2D eigenvalue weighted by atomic mass is 35.5. The summed E-state index contributed by atoms with van der Waals surface area (Å²) < 4.78 is 10.7. The van der Waals surface area contributed by atoms with Gasteiger partial charge in [0.2, 0.25) is 5.88 Å². The molecule has 6 nitrogen and oxygen atoms in total. The van der Waals surface area contributed by atoms with Crippen LogP contribution >= 0.6 is 23.2 Å². The lowest BCUT2D eigenvalue weighted by atomic mass is 10.0. The van der Waals surface area contributed by atoms with E-state index in [1.807, 2.05) is 20.8 Å². The molecule has 24 heavy (non-hydrogen) atoms. The summed E-state index contributed by atoms with van der Waals surface area (Å²) in [6, 6.07) is 4.64. The fourth-order valence-electron chi connectivity index (χ4n) is 2.05. The van der Waals surface area contributed by atoms with Crippen molar-refractivity contribution in [2.24, 2.45) is 0 Å². The summed E-state index contributed by atoms with van der Waals surface area (Å²) in [5, 5.41) is 17.0. The fraction of sp³-hybridized carbons (Fsp3) is 0.312. The maximum Gasteiger partial charge on any atom is 0.341 e. The maximum atomic E-state index is 10.5. The Morgan fingerprint density at radius 1 is 1.21 bits per heavy atom. The SMILES string of the molecule is Cc1nnc(Oc2c(Cl)cc(OCC(=O)O)cc2Cl)cc1C(C)C. The summed E-state index contributed by atoms with van der Waals surface area (Å²) in [5.74, 6) is -0.127. The van der Waals surface area contributed by atoms with Crippen molar-refractivity contribution in [2.75, 3.05) is 6.61 Å². The molecule has 0 aliphatic heterocycles. The van der Waals surface area contributed by atoms with E-state index >= 15 is 0 Å². The minimum Gasteiger partial charge on any atom is -0.482 e. The van der Waals surface area contributed by atoms with Gasteiger partial charge in [0.05, 0.1) is 15.7 Å². The third-order valence-corrected chi connectivity index (χ3v) is 3.72. The van der Waals surface area contributed by atoms with Crippen molar-refractivity contribution in [1.82, 2.24) is 10.2 Å². The second-order valence-electron chi connectivity index (χ2n) is 5.38. The van der Waals surface area contributed by atoms with E-state index in [1.54, 1.807) is 6.07 Å². The number of carbonyl (C=O) groups is 1. The maximum absolute atomic E-state index is 10.5. The molecular formula is C16H16Cl2N2O4. The van der Waals surface area contributed by atoms with Crippen molar-refractivity contribution in [3.05, 3.63) is 39.5 Å². The first-order valence-electron chi connectivity index (χ1n) is 7.13. The Labute approximate surface area is 149 Å². The Hall–Kier alpha value is -2.05. The zero-order valence-electron chi connectivity index (χ0n) is 13.3. The lowest BCUT2D eigenvalue weighted by Gasteiger charge is -2.13. The van der Waals surface area contributed by atoms with Crippen LogP contribution in [0.15, 0.2) is 18.2 Å². The number of carboxylic acids is 1. The van der Waals surface area contributed by atoms with Crippen LogP contribution in [-0.4, -0.2) is 27.9 Å². The van der Waals surface area contributed by atoms with Crippen LogP contribution < -0.4 is 9.47 Å². The zero-order chi connectivity index (χ0) is 17.9.